The van der Waals surface area contributed by atoms with Crippen molar-refractivity contribution >= 4 is 7.82 Å². The van der Waals surface area contributed by atoms with E-state index in [4.69, 9.17) is 13.6 Å². The zero-order valence-corrected chi connectivity index (χ0v) is 23.3. The average Bonchev–Trinajstić information content (AvgIpc) is 3.15. The van der Waals surface area contributed by atoms with Crippen LogP contribution in [0.5, 0.6) is 0 Å². The van der Waals surface area contributed by atoms with Crippen LogP contribution in [0.25, 0.3) is 0 Å². The van der Waals surface area contributed by atoms with Gasteiger partial charge in [0.15, 0.2) is 0 Å². The minimum Gasteiger partial charge on any atom is -0.393 e. The second-order valence-corrected chi connectivity index (χ2v) is 14.4. The van der Waals surface area contributed by atoms with Crippen LogP contribution in [0.4, 0.5) is 0 Å². The molecule has 196 valence electrons. The summed E-state index contributed by atoms with van der Waals surface area (Å²) in [5.74, 6) is 3.56. The second-order valence-electron chi connectivity index (χ2n) is 12.6. The maximum atomic E-state index is 12.5. The lowest BCUT2D eigenvalue weighted by Gasteiger charge is -2.58. The summed E-state index contributed by atoms with van der Waals surface area (Å²) < 4.78 is 28.4. The Kier molecular flexibility index (Phi) is 8.13. The Morgan fingerprint density at radius 3 is 2.50 bits per heavy atom. The summed E-state index contributed by atoms with van der Waals surface area (Å²) in [5.41, 5.74) is 2.23. The fourth-order valence-corrected chi connectivity index (χ4v) is 9.42. The van der Waals surface area contributed by atoms with Gasteiger partial charge in [-0.3, -0.25) is 13.6 Å². The quantitative estimate of drug-likeness (QED) is 0.264. The van der Waals surface area contributed by atoms with Crippen molar-refractivity contribution in [2.45, 2.75) is 111 Å². The van der Waals surface area contributed by atoms with E-state index in [1.807, 2.05) is 0 Å². The lowest BCUT2D eigenvalue weighted by atomic mass is 9.47. The number of hydrogen-bond acceptors (Lipinski definition) is 5. The zero-order valence-electron chi connectivity index (χ0n) is 22.4. The van der Waals surface area contributed by atoms with Gasteiger partial charge in [-0.05, 0) is 105 Å². The van der Waals surface area contributed by atoms with Crippen LogP contribution < -0.4 is 0 Å². The van der Waals surface area contributed by atoms with E-state index in [1.54, 1.807) is 0 Å². The fraction of sp³-hybridized carbons (Fsp3) is 0.929. The van der Waals surface area contributed by atoms with E-state index >= 15 is 0 Å². The van der Waals surface area contributed by atoms with Gasteiger partial charge in [-0.15, -0.1) is 0 Å². The predicted octanol–water partition coefficient (Wildman–Crippen LogP) is 7.54. The van der Waals surface area contributed by atoms with Crippen molar-refractivity contribution in [1.29, 1.82) is 0 Å². The van der Waals surface area contributed by atoms with Crippen LogP contribution in [-0.2, 0) is 18.1 Å². The van der Waals surface area contributed by atoms with Crippen LogP contribution in [-0.4, -0.2) is 31.5 Å². The minimum atomic E-state index is -3.44. The third-order valence-electron chi connectivity index (χ3n) is 10.8. The minimum absolute atomic E-state index is 0.0903. The largest absolute Gasteiger partial charge is 0.474 e. The van der Waals surface area contributed by atoms with Gasteiger partial charge < -0.3 is 5.11 Å². The van der Waals surface area contributed by atoms with Gasteiger partial charge in [0.05, 0.1) is 12.2 Å². The normalized spacial score (nSPS) is 40.9. The highest BCUT2D eigenvalue weighted by atomic mass is 31.2. The summed E-state index contributed by atoms with van der Waals surface area (Å²) in [6.07, 6.45) is 15.2. The second kappa shape index (κ2) is 10.3. The van der Waals surface area contributed by atoms with Gasteiger partial charge in [0.1, 0.15) is 0 Å². The summed E-state index contributed by atoms with van der Waals surface area (Å²) >= 11 is 0. The van der Waals surface area contributed by atoms with E-state index in [2.05, 4.69) is 33.8 Å². The van der Waals surface area contributed by atoms with Crippen molar-refractivity contribution in [2.24, 2.45) is 40.4 Å². The highest BCUT2D eigenvalue weighted by molar-refractivity contribution is 7.48. The molecule has 3 fully saturated rings. The van der Waals surface area contributed by atoms with Crippen molar-refractivity contribution < 1.29 is 23.2 Å². The molecule has 6 heteroatoms. The molecule has 5 nitrogen and oxygen atoms in total. The summed E-state index contributed by atoms with van der Waals surface area (Å²) in [5, 5.41) is 10.3. The maximum absolute atomic E-state index is 12.5. The first kappa shape index (κ1) is 26.9. The van der Waals surface area contributed by atoms with Gasteiger partial charge in [0.2, 0.25) is 0 Å². The zero-order chi connectivity index (χ0) is 24.7. The molecule has 0 saturated heterocycles. The van der Waals surface area contributed by atoms with Crippen LogP contribution in [0.1, 0.15) is 98.3 Å². The van der Waals surface area contributed by atoms with Crippen molar-refractivity contribution in [3.63, 3.8) is 0 Å². The topological polar surface area (TPSA) is 65.0 Å². The Morgan fingerprint density at radius 2 is 1.82 bits per heavy atom. The molecular formula is C28H49O5P. The number of phosphoric acid groups is 1. The van der Waals surface area contributed by atoms with Gasteiger partial charge in [0, 0.05) is 14.2 Å². The van der Waals surface area contributed by atoms with Crippen LogP contribution >= 0.6 is 7.82 Å². The van der Waals surface area contributed by atoms with Crippen molar-refractivity contribution in [3.8, 4) is 0 Å². The third kappa shape index (κ3) is 4.86. The molecule has 34 heavy (non-hydrogen) atoms. The van der Waals surface area contributed by atoms with Gasteiger partial charge in [0.25, 0.3) is 0 Å². The molecule has 0 aromatic heterocycles. The smallest absolute Gasteiger partial charge is 0.393 e. The molecule has 8 atom stereocenters. The van der Waals surface area contributed by atoms with Crippen LogP contribution in [0.15, 0.2) is 11.6 Å². The van der Waals surface area contributed by atoms with E-state index in [9.17, 15) is 9.67 Å². The van der Waals surface area contributed by atoms with E-state index in [0.29, 0.717) is 11.3 Å². The number of rotatable bonds is 9. The van der Waals surface area contributed by atoms with Crippen molar-refractivity contribution in [1.82, 2.24) is 0 Å². The number of fused-ring (bicyclic) bond motifs is 5. The van der Waals surface area contributed by atoms with Crippen LogP contribution in [0.2, 0.25) is 0 Å². The first-order valence-corrected chi connectivity index (χ1v) is 15.3. The fourth-order valence-electron chi connectivity index (χ4n) is 8.55. The first-order chi connectivity index (χ1) is 16.1. The highest BCUT2D eigenvalue weighted by Crippen LogP contribution is 2.67. The summed E-state index contributed by atoms with van der Waals surface area (Å²) in [6.45, 7) is 9.35. The number of hydrogen-bond donors (Lipinski definition) is 1. The van der Waals surface area contributed by atoms with Crippen molar-refractivity contribution in [3.05, 3.63) is 11.6 Å². The molecule has 4 aliphatic rings. The van der Waals surface area contributed by atoms with Gasteiger partial charge in [-0.2, -0.15) is 0 Å². The summed E-state index contributed by atoms with van der Waals surface area (Å²) in [6, 6.07) is 0. The Labute approximate surface area is 208 Å². The molecule has 8 unspecified atom stereocenters. The number of phosphoric ester groups is 1. The van der Waals surface area contributed by atoms with Gasteiger partial charge in [-0.1, -0.05) is 45.8 Å². The Bertz CT molecular complexity index is 788. The Morgan fingerprint density at radius 1 is 1.09 bits per heavy atom. The highest BCUT2D eigenvalue weighted by Gasteiger charge is 2.58. The molecule has 0 spiro atoms. The molecule has 0 aromatic carbocycles. The number of aliphatic hydroxyl groups is 1. The van der Waals surface area contributed by atoms with E-state index < -0.39 is 7.82 Å². The molecule has 0 amide bonds. The Balaban J connectivity index is 1.42. The molecule has 0 heterocycles. The standard InChI is InChI=1S/C28H49O5P/c1-19(2)26(29)9-7-8-20-11-13-24-23-12-10-21-18-22(33-34(30,31-5)32-6)14-16-28(21,4)25(23)15-17-27(20,24)3/h10,19-20,22-26,29H,7-9,11-18H2,1-6H3. The molecule has 0 bridgehead atoms. The summed E-state index contributed by atoms with van der Waals surface area (Å²) in [4.78, 5) is 0. The monoisotopic (exact) mass is 496 g/mol. The lowest BCUT2D eigenvalue weighted by Crippen LogP contribution is -2.50. The molecule has 3 saturated carbocycles. The third-order valence-corrected chi connectivity index (χ3v) is 12.3. The predicted molar refractivity (Wildman–Crippen MR) is 136 cm³/mol. The van der Waals surface area contributed by atoms with Gasteiger partial charge in [-0.25, -0.2) is 4.57 Å². The number of allylic oxidation sites excluding steroid dienone is 1. The lowest BCUT2D eigenvalue weighted by molar-refractivity contribution is -0.0513. The molecule has 0 radical (unpaired) electrons. The van der Waals surface area contributed by atoms with Crippen LogP contribution in [0.3, 0.4) is 0 Å². The average molecular weight is 497 g/mol. The van der Waals surface area contributed by atoms with Gasteiger partial charge >= 0.3 is 7.82 Å². The van der Waals surface area contributed by atoms with Crippen LogP contribution in [0, 0.1) is 40.4 Å². The number of aliphatic hydroxyl groups excluding tert-OH is 1. The summed E-state index contributed by atoms with van der Waals surface area (Å²) in [7, 11) is -0.661. The van der Waals surface area contributed by atoms with Crippen molar-refractivity contribution in [2.75, 3.05) is 14.2 Å². The molecular weight excluding hydrogens is 447 g/mol. The Hall–Kier alpha value is -0.190. The molecule has 0 aliphatic heterocycles. The molecule has 1 N–H and O–H groups in total. The molecule has 0 aromatic rings. The van der Waals surface area contributed by atoms with E-state index in [-0.39, 0.29) is 17.6 Å². The van der Waals surface area contributed by atoms with E-state index in [0.717, 1.165) is 55.8 Å². The molecule has 4 rings (SSSR count). The molecule has 4 aliphatic carbocycles. The maximum Gasteiger partial charge on any atom is 0.474 e. The van der Waals surface area contributed by atoms with E-state index in [1.165, 1.54) is 58.3 Å². The first-order valence-electron chi connectivity index (χ1n) is 13.8. The SMILES string of the molecule is COP(=O)(OC)OC1CCC2(C)C(=CCC3C2CCC2(C)C(CCCC(O)C(C)C)CCC32)C1.